The van der Waals surface area contributed by atoms with Crippen LogP contribution in [0.2, 0.25) is 0 Å². The molecule has 1 heterocycles. The van der Waals surface area contributed by atoms with Crippen molar-refractivity contribution >= 4 is 12.0 Å². The third-order valence-corrected chi connectivity index (χ3v) is 4.35. The molecule has 0 saturated carbocycles. The van der Waals surface area contributed by atoms with Crippen LogP contribution in [-0.2, 0) is 9.53 Å². The van der Waals surface area contributed by atoms with Gasteiger partial charge in [-0.15, -0.1) is 0 Å². The van der Waals surface area contributed by atoms with Crippen molar-refractivity contribution in [2.45, 2.75) is 38.6 Å². The molecule has 0 radical (unpaired) electrons. The minimum Gasteiger partial charge on any atom is -0.548 e. The second-order valence-electron chi connectivity index (χ2n) is 6.54. The van der Waals surface area contributed by atoms with Crippen molar-refractivity contribution in [3.63, 3.8) is 0 Å². The molecule has 2 amide bonds. The first-order valence-corrected chi connectivity index (χ1v) is 9.08. The van der Waals surface area contributed by atoms with E-state index in [1.54, 1.807) is 0 Å². The van der Waals surface area contributed by atoms with Gasteiger partial charge >= 0.3 is 57.4 Å². The summed E-state index contributed by atoms with van der Waals surface area (Å²) in [5, 5.41) is 16.4. The summed E-state index contributed by atoms with van der Waals surface area (Å²) in [6.07, 6.45) is 3.02. The minimum atomic E-state index is -1.28. The number of nitrogens with one attached hydrogen (secondary N) is 2. The van der Waals surface area contributed by atoms with E-state index in [0.717, 1.165) is 25.0 Å². The van der Waals surface area contributed by atoms with E-state index in [2.05, 4.69) is 10.6 Å². The van der Waals surface area contributed by atoms with Gasteiger partial charge in [-0.2, -0.15) is 0 Å². The molecule has 1 aromatic rings. The third kappa shape index (κ3) is 9.40. The molecule has 2 atom stereocenters. The van der Waals surface area contributed by atoms with Crippen molar-refractivity contribution in [1.82, 2.24) is 10.6 Å². The molecule has 2 unspecified atom stereocenters. The molecule has 0 aliphatic carbocycles. The molecule has 1 saturated heterocycles. The van der Waals surface area contributed by atoms with Gasteiger partial charge in [0.1, 0.15) is 5.75 Å². The van der Waals surface area contributed by atoms with Gasteiger partial charge in [0.25, 0.3) is 0 Å². The number of rotatable bonds is 9. The molecule has 1 aromatic carbocycles. The maximum Gasteiger partial charge on any atom is 1.00 e. The van der Waals surface area contributed by atoms with Crippen molar-refractivity contribution in [3.05, 3.63) is 29.8 Å². The number of carbonyl (C=O) groups is 2. The molecule has 2 rings (SSSR count). The van der Waals surface area contributed by atoms with E-state index >= 15 is 0 Å². The Bertz CT molecular complexity index is 576. The Kier molecular flexibility index (Phi) is 12.2. The van der Waals surface area contributed by atoms with Gasteiger partial charge in [-0.1, -0.05) is 17.7 Å². The first kappa shape index (κ1) is 24.4. The number of carbonyl (C=O) groups excluding carboxylic acids is 2. The fourth-order valence-corrected chi connectivity index (χ4v) is 2.84. The van der Waals surface area contributed by atoms with Crippen LogP contribution >= 0.6 is 0 Å². The van der Waals surface area contributed by atoms with Gasteiger partial charge in [0, 0.05) is 19.1 Å². The molecule has 0 aromatic heterocycles. The molecule has 144 valence electrons. The van der Waals surface area contributed by atoms with Crippen LogP contribution in [0.25, 0.3) is 0 Å². The van der Waals surface area contributed by atoms with Crippen LogP contribution in [0.3, 0.4) is 0 Å². The van der Waals surface area contributed by atoms with Gasteiger partial charge in [-0.3, -0.25) is 0 Å². The van der Waals surface area contributed by atoms with Crippen LogP contribution in [0.1, 0.15) is 31.2 Å². The van der Waals surface area contributed by atoms with Crippen LogP contribution in [0.5, 0.6) is 5.75 Å². The molecule has 0 bridgehead atoms. The Morgan fingerprint density at radius 2 is 2.04 bits per heavy atom. The molecular formula is C19H27KN2O5. The zero-order valence-corrected chi connectivity index (χ0v) is 19.3. The zero-order chi connectivity index (χ0) is 18.8. The van der Waals surface area contributed by atoms with E-state index in [4.69, 9.17) is 9.47 Å². The van der Waals surface area contributed by atoms with Crippen molar-refractivity contribution in [1.29, 1.82) is 0 Å². The van der Waals surface area contributed by atoms with E-state index in [0.29, 0.717) is 32.8 Å². The number of urea groups is 1. The molecular weight excluding hydrogens is 375 g/mol. The van der Waals surface area contributed by atoms with Gasteiger partial charge in [-0.05, 0) is 44.7 Å². The van der Waals surface area contributed by atoms with Crippen molar-refractivity contribution in [3.8, 4) is 5.75 Å². The van der Waals surface area contributed by atoms with E-state index in [9.17, 15) is 14.7 Å². The Morgan fingerprint density at radius 3 is 2.67 bits per heavy atom. The predicted octanol–water partition coefficient (Wildman–Crippen LogP) is -2.00. The van der Waals surface area contributed by atoms with E-state index in [1.807, 2.05) is 31.2 Å². The summed E-state index contributed by atoms with van der Waals surface area (Å²) in [5.74, 6) is -0.697. The second kappa shape index (κ2) is 13.5. The average Bonchev–Trinajstić information content (AvgIpc) is 2.64. The summed E-state index contributed by atoms with van der Waals surface area (Å²) in [6.45, 7) is 3.99. The van der Waals surface area contributed by atoms with Crippen molar-refractivity contribution in [2.24, 2.45) is 5.92 Å². The van der Waals surface area contributed by atoms with Crippen LogP contribution in [0.4, 0.5) is 4.79 Å². The molecule has 0 spiro atoms. The fraction of sp³-hybridized carbons (Fsp3) is 0.579. The largest absolute Gasteiger partial charge is 1.00 e. The molecule has 27 heavy (non-hydrogen) atoms. The number of hydrogen-bond acceptors (Lipinski definition) is 5. The maximum atomic E-state index is 11.9. The Labute approximate surface area is 203 Å². The van der Waals surface area contributed by atoms with Crippen LogP contribution in [-0.4, -0.2) is 44.4 Å². The minimum absolute atomic E-state index is 0. The van der Waals surface area contributed by atoms with Crippen LogP contribution in [0, 0.1) is 12.8 Å². The smallest absolute Gasteiger partial charge is 0.548 e. The normalized spacial score (nSPS) is 17.3. The van der Waals surface area contributed by atoms with Crippen molar-refractivity contribution in [2.75, 3.05) is 26.4 Å². The number of aliphatic carboxylic acids is 1. The van der Waals surface area contributed by atoms with Gasteiger partial charge in [0.05, 0.1) is 25.2 Å². The molecule has 8 heteroatoms. The quantitative estimate of drug-likeness (QED) is 0.368. The van der Waals surface area contributed by atoms with Crippen LogP contribution in [0.15, 0.2) is 24.3 Å². The molecule has 7 nitrogen and oxygen atoms in total. The number of amides is 2. The molecule has 1 fully saturated rings. The predicted molar refractivity (Wildman–Crippen MR) is 94.8 cm³/mol. The SMILES string of the molecule is Cc1ccc(OCCCCNC(=O)NC(C(=O)[O-])C2CCCOC2)cc1.[K+]. The van der Waals surface area contributed by atoms with E-state index < -0.39 is 18.0 Å². The van der Waals surface area contributed by atoms with Crippen LogP contribution < -0.4 is 71.9 Å². The Balaban J connectivity index is 0.00000364. The average molecular weight is 403 g/mol. The number of ether oxygens (including phenoxy) is 2. The number of carboxylic acid groups (broad SMARTS) is 1. The summed E-state index contributed by atoms with van der Waals surface area (Å²) in [5.41, 5.74) is 1.18. The Hall–Kier alpha value is -0.644. The summed E-state index contributed by atoms with van der Waals surface area (Å²) in [4.78, 5) is 23.2. The number of aryl methyl sites for hydroxylation is 1. The van der Waals surface area contributed by atoms with E-state index in [1.165, 1.54) is 5.56 Å². The second-order valence-corrected chi connectivity index (χ2v) is 6.54. The summed E-state index contributed by atoms with van der Waals surface area (Å²) < 4.78 is 10.9. The topological polar surface area (TPSA) is 99.7 Å². The summed E-state index contributed by atoms with van der Waals surface area (Å²) in [6, 6.07) is 6.31. The fourth-order valence-electron chi connectivity index (χ4n) is 2.84. The molecule has 1 aliphatic heterocycles. The van der Waals surface area contributed by atoms with Gasteiger partial charge in [-0.25, -0.2) is 4.79 Å². The zero-order valence-electron chi connectivity index (χ0n) is 16.2. The van der Waals surface area contributed by atoms with Gasteiger partial charge in [0.15, 0.2) is 0 Å². The third-order valence-electron chi connectivity index (χ3n) is 4.35. The van der Waals surface area contributed by atoms with Gasteiger partial charge in [0.2, 0.25) is 0 Å². The standard InChI is InChI=1S/C19H28N2O5.K/c1-14-6-8-16(9-7-14)26-12-3-2-10-20-19(24)21-17(18(22)23)15-5-4-11-25-13-15;/h6-9,15,17H,2-5,10-13H2,1H3,(H,22,23)(H2,20,21,24);/q;+1/p-1. The first-order valence-electron chi connectivity index (χ1n) is 9.08. The number of carboxylic acids is 1. The number of benzene rings is 1. The monoisotopic (exact) mass is 402 g/mol. The molecule has 2 N–H and O–H groups in total. The van der Waals surface area contributed by atoms with E-state index in [-0.39, 0.29) is 57.3 Å². The molecule has 1 aliphatic rings. The van der Waals surface area contributed by atoms with Crippen molar-refractivity contribution < 1.29 is 75.6 Å². The summed E-state index contributed by atoms with van der Waals surface area (Å²) >= 11 is 0. The van der Waals surface area contributed by atoms with Gasteiger partial charge < -0.3 is 30.0 Å². The number of unbranched alkanes of at least 4 members (excludes halogenated alkanes) is 1. The first-order chi connectivity index (χ1) is 12.6. The maximum absolute atomic E-state index is 11.9. The number of hydrogen-bond donors (Lipinski definition) is 2. The summed E-state index contributed by atoms with van der Waals surface area (Å²) in [7, 11) is 0. The Morgan fingerprint density at radius 1 is 1.30 bits per heavy atom.